The summed E-state index contributed by atoms with van der Waals surface area (Å²) in [7, 11) is 1.58. The lowest BCUT2D eigenvalue weighted by Gasteiger charge is -2.19. The molecule has 4 aromatic carbocycles. The van der Waals surface area contributed by atoms with Gasteiger partial charge in [-0.2, -0.15) is 0 Å². The number of nitrogens with one attached hydrogen (secondary N) is 2. The van der Waals surface area contributed by atoms with Gasteiger partial charge in [-0.3, -0.25) is 0 Å². The van der Waals surface area contributed by atoms with Crippen molar-refractivity contribution in [3.8, 4) is 17.2 Å². The molecule has 0 saturated carbocycles. The molecule has 0 aliphatic carbocycles. The van der Waals surface area contributed by atoms with Crippen LogP contribution in [0.15, 0.2) is 91.0 Å². The topological polar surface area (TPSA) is 143 Å². The second-order valence-corrected chi connectivity index (χ2v) is 9.96. The van der Waals surface area contributed by atoms with Gasteiger partial charge in [-0.15, -0.1) is 10.1 Å². The first-order chi connectivity index (χ1) is 22.0. The number of fused-ring (bicyclic) bond motifs is 3. The third kappa shape index (κ3) is 8.54. The number of carbonyl (C=O) groups excluding carboxylic acids is 1. The molecule has 5 aromatic rings. The number of carbonyl (C=O) groups is 1. The molecule has 45 heavy (non-hydrogen) atoms. The molecule has 5 rings (SSSR count). The maximum absolute atomic E-state index is 12.7. The Balaban J connectivity index is 1.20. The van der Waals surface area contributed by atoms with E-state index in [2.05, 4.69) is 15.1 Å². The highest BCUT2D eigenvalue weighted by atomic mass is 16.9. The maximum Gasteiger partial charge on any atom is 0.509 e. The number of methoxy groups -OCH3 is 1. The number of hydrogen-bond acceptors (Lipinski definition) is 10. The van der Waals surface area contributed by atoms with Crippen LogP contribution in [-0.4, -0.2) is 55.7 Å². The van der Waals surface area contributed by atoms with Gasteiger partial charge in [-0.05, 0) is 41.5 Å². The van der Waals surface area contributed by atoms with Gasteiger partial charge in [-0.1, -0.05) is 60.7 Å². The lowest BCUT2D eigenvalue weighted by molar-refractivity contribution is -0.763. The number of nitrogens with zero attached hydrogens (tertiary/aromatic N) is 1. The molecule has 0 bridgehead atoms. The molecule has 1 heterocycles. The molecule has 1 atom stereocenters. The zero-order chi connectivity index (χ0) is 31.4. The molecule has 2 N–H and O–H groups in total. The van der Waals surface area contributed by atoms with E-state index in [1.807, 2.05) is 66.7 Å². The average Bonchev–Trinajstić information content (AvgIpc) is 3.45. The second kappa shape index (κ2) is 15.3. The van der Waals surface area contributed by atoms with Crippen molar-refractivity contribution in [1.29, 1.82) is 0 Å². The van der Waals surface area contributed by atoms with Crippen molar-refractivity contribution in [2.24, 2.45) is 0 Å². The minimum atomic E-state index is -0.882. The van der Waals surface area contributed by atoms with Crippen molar-refractivity contribution in [3.63, 3.8) is 0 Å². The molecule has 12 nitrogen and oxygen atoms in total. The van der Waals surface area contributed by atoms with Crippen LogP contribution < -0.4 is 19.5 Å². The van der Waals surface area contributed by atoms with E-state index in [1.54, 1.807) is 31.4 Å². The molecule has 1 aromatic heterocycles. The van der Waals surface area contributed by atoms with Crippen LogP contribution in [0, 0.1) is 10.1 Å². The summed E-state index contributed by atoms with van der Waals surface area (Å²) in [6.45, 7) is 0.838. The van der Waals surface area contributed by atoms with Gasteiger partial charge in [0.05, 0.1) is 12.6 Å². The highest BCUT2D eigenvalue weighted by Crippen LogP contribution is 2.33. The maximum atomic E-state index is 12.7. The van der Waals surface area contributed by atoms with E-state index < -0.39 is 17.3 Å². The fourth-order valence-corrected chi connectivity index (χ4v) is 4.79. The first-order valence-electron chi connectivity index (χ1n) is 14.3. The monoisotopic (exact) mass is 615 g/mol. The number of benzene rings is 4. The predicted octanol–water partition coefficient (Wildman–Crippen LogP) is 5.81. The van der Waals surface area contributed by atoms with Gasteiger partial charge in [0.15, 0.2) is 17.6 Å². The minimum Gasteiger partial charge on any atom is -0.493 e. The molecule has 0 aliphatic heterocycles. The highest BCUT2D eigenvalue weighted by molar-refractivity contribution is 6.10. The highest BCUT2D eigenvalue weighted by Gasteiger charge is 2.19. The van der Waals surface area contributed by atoms with Crippen LogP contribution in [0.5, 0.6) is 17.2 Å². The largest absolute Gasteiger partial charge is 0.509 e. The number of H-pyrrole nitrogens is 1. The van der Waals surface area contributed by atoms with Crippen LogP contribution in [-0.2, 0) is 27.5 Å². The van der Waals surface area contributed by atoms with Crippen molar-refractivity contribution >= 4 is 28.0 Å². The molecule has 234 valence electrons. The van der Waals surface area contributed by atoms with Crippen LogP contribution in [0.3, 0.4) is 0 Å². The molecular formula is C33H33N3O9. The number of aromatic amines is 1. The zero-order valence-electron chi connectivity index (χ0n) is 24.6. The van der Waals surface area contributed by atoms with E-state index in [0.717, 1.165) is 21.8 Å². The van der Waals surface area contributed by atoms with Gasteiger partial charge in [0.2, 0.25) is 0 Å². The predicted molar refractivity (Wildman–Crippen MR) is 166 cm³/mol. The standard InChI is InChI=1S/C33H33N3O9/c1-40-29-13-4-5-14-30(29)41-17-16-34-19-25(45-33(37)43-20-23-8-6-9-24(18-23)21-44-36(38)39)22-42-31-15-7-12-28-32(31)26-10-2-3-11-27(26)35-28/h2-15,18,25,34-35H,16-17,19-22H2,1H3. The number of rotatable bonds is 16. The summed E-state index contributed by atoms with van der Waals surface area (Å²) in [6.07, 6.45) is -1.59. The molecule has 0 spiro atoms. The third-order valence-corrected chi connectivity index (χ3v) is 6.84. The second-order valence-electron chi connectivity index (χ2n) is 9.96. The molecule has 0 radical (unpaired) electrons. The van der Waals surface area contributed by atoms with Gasteiger partial charge >= 0.3 is 6.16 Å². The molecule has 0 aliphatic rings. The van der Waals surface area contributed by atoms with E-state index in [0.29, 0.717) is 41.5 Å². The Hall–Kier alpha value is -5.49. The van der Waals surface area contributed by atoms with Crippen molar-refractivity contribution < 1.29 is 38.4 Å². The normalized spacial score (nSPS) is 11.6. The molecule has 12 heteroatoms. The molecular weight excluding hydrogens is 582 g/mol. The van der Waals surface area contributed by atoms with Gasteiger partial charge < -0.3 is 38.8 Å². The van der Waals surface area contributed by atoms with Crippen molar-refractivity contribution in [3.05, 3.63) is 112 Å². The van der Waals surface area contributed by atoms with Crippen LogP contribution in [0.2, 0.25) is 0 Å². The molecule has 0 saturated heterocycles. The van der Waals surface area contributed by atoms with Gasteiger partial charge in [0.1, 0.15) is 32.2 Å². The van der Waals surface area contributed by atoms with E-state index in [9.17, 15) is 14.9 Å². The summed E-state index contributed by atoms with van der Waals surface area (Å²) in [5.41, 5.74) is 3.12. The van der Waals surface area contributed by atoms with E-state index >= 15 is 0 Å². The average molecular weight is 616 g/mol. The first-order valence-corrected chi connectivity index (χ1v) is 14.3. The van der Waals surface area contributed by atoms with Crippen LogP contribution in [0.1, 0.15) is 11.1 Å². The summed E-state index contributed by atoms with van der Waals surface area (Å²) in [4.78, 5) is 31.1. The number of hydrogen-bond donors (Lipinski definition) is 2. The van der Waals surface area contributed by atoms with Crippen LogP contribution >= 0.6 is 0 Å². The Labute approximate surface area is 258 Å². The van der Waals surface area contributed by atoms with Gasteiger partial charge in [0, 0.05) is 29.4 Å². The number of aromatic nitrogens is 1. The first kappa shape index (κ1) is 31.0. The molecule has 0 fully saturated rings. The van der Waals surface area contributed by atoms with Crippen LogP contribution in [0.25, 0.3) is 21.8 Å². The lowest BCUT2D eigenvalue weighted by Crippen LogP contribution is -2.37. The Kier molecular flexibility index (Phi) is 10.5. The van der Waals surface area contributed by atoms with Crippen molar-refractivity contribution in [1.82, 2.24) is 10.3 Å². The number of ether oxygens (including phenoxy) is 5. The quantitative estimate of drug-likeness (QED) is 0.0604. The Morgan fingerprint density at radius 1 is 0.867 bits per heavy atom. The Morgan fingerprint density at radius 2 is 1.58 bits per heavy atom. The summed E-state index contributed by atoms with van der Waals surface area (Å²) >= 11 is 0. The summed E-state index contributed by atoms with van der Waals surface area (Å²) in [5, 5.41) is 14.8. The molecule has 1 unspecified atom stereocenters. The smallest absolute Gasteiger partial charge is 0.493 e. The van der Waals surface area contributed by atoms with E-state index in [1.165, 1.54) is 0 Å². The summed E-state index contributed by atoms with van der Waals surface area (Å²) in [5.74, 6) is 1.92. The summed E-state index contributed by atoms with van der Waals surface area (Å²) < 4.78 is 28.4. The SMILES string of the molecule is COc1ccccc1OCCNCC(COc1cccc2[nH]c3ccccc3c12)OC(=O)OCc1cccc(CO[N+](=O)[O-])c1. The van der Waals surface area contributed by atoms with E-state index in [4.69, 9.17) is 23.7 Å². The minimum absolute atomic E-state index is 0.0573. The van der Waals surface area contributed by atoms with Gasteiger partial charge in [-0.25, -0.2) is 4.79 Å². The fourth-order valence-electron chi connectivity index (χ4n) is 4.79. The van der Waals surface area contributed by atoms with Crippen molar-refractivity contribution in [2.75, 3.05) is 33.4 Å². The molecule has 0 amide bonds. The summed E-state index contributed by atoms with van der Waals surface area (Å²) in [6, 6.07) is 27.8. The fraction of sp³-hybridized carbons (Fsp3) is 0.242. The Bertz CT molecular complexity index is 1740. The Morgan fingerprint density at radius 3 is 2.40 bits per heavy atom. The number of para-hydroxylation sites is 3. The van der Waals surface area contributed by atoms with E-state index in [-0.39, 0.29) is 26.4 Å². The van der Waals surface area contributed by atoms with Crippen molar-refractivity contribution in [2.45, 2.75) is 19.3 Å². The third-order valence-electron chi connectivity index (χ3n) is 6.84. The van der Waals surface area contributed by atoms with Crippen LogP contribution in [0.4, 0.5) is 4.79 Å². The van der Waals surface area contributed by atoms with Gasteiger partial charge in [0.25, 0.3) is 5.09 Å². The zero-order valence-corrected chi connectivity index (χ0v) is 24.6. The lowest BCUT2D eigenvalue weighted by atomic mass is 10.1.